The summed E-state index contributed by atoms with van der Waals surface area (Å²) in [7, 11) is 1.93. The Morgan fingerprint density at radius 1 is 1.59 bits per heavy atom. The van der Waals surface area contributed by atoms with Crippen molar-refractivity contribution < 1.29 is 0 Å². The van der Waals surface area contributed by atoms with E-state index >= 15 is 0 Å². The van der Waals surface area contributed by atoms with Gasteiger partial charge in [0.25, 0.3) is 0 Å². The van der Waals surface area contributed by atoms with Gasteiger partial charge in [-0.3, -0.25) is 9.58 Å². The van der Waals surface area contributed by atoms with E-state index in [0.29, 0.717) is 12.0 Å². The van der Waals surface area contributed by atoms with E-state index in [1.54, 1.807) is 6.20 Å². The van der Waals surface area contributed by atoms with E-state index in [2.05, 4.69) is 16.9 Å². The number of aromatic nitrogens is 2. The van der Waals surface area contributed by atoms with Crippen molar-refractivity contribution in [3.8, 4) is 0 Å². The Hall–Kier alpha value is -0.290. The largest absolute Gasteiger partial charge is 0.327 e. The number of rotatable bonds is 2. The molecule has 2 atom stereocenters. The van der Waals surface area contributed by atoms with Crippen LogP contribution in [0.2, 0.25) is 5.02 Å². The maximum Gasteiger partial charge on any atom is 0.0831 e. The summed E-state index contributed by atoms with van der Waals surface area (Å²) in [5.41, 5.74) is 7.09. The highest BCUT2D eigenvalue weighted by molar-refractivity contribution is 6.31. The third kappa shape index (κ3) is 3.35. The van der Waals surface area contributed by atoms with Crippen molar-refractivity contribution in [2.45, 2.75) is 25.9 Å². The fraction of sp³-hybridized carbons (Fsp3) is 0.727. The van der Waals surface area contributed by atoms with E-state index in [1.165, 1.54) is 0 Å². The molecule has 1 fully saturated rings. The summed E-state index contributed by atoms with van der Waals surface area (Å²) in [4.78, 5) is 2.40. The van der Waals surface area contributed by atoms with Crippen LogP contribution in [0.1, 0.15) is 19.0 Å². The number of nitrogens with two attached hydrogens (primary N) is 1. The Labute approximate surface area is 114 Å². The van der Waals surface area contributed by atoms with Crippen molar-refractivity contribution in [3.63, 3.8) is 0 Å². The molecule has 0 amide bonds. The Morgan fingerprint density at radius 2 is 2.29 bits per heavy atom. The molecule has 1 aliphatic heterocycles. The van der Waals surface area contributed by atoms with Crippen LogP contribution in [0, 0.1) is 5.92 Å². The number of hydrogen-bond acceptors (Lipinski definition) is 3. The van der Waals surface area contributed by atoms with Gasteiger partial charge in [-0.2, -0.15) is 5.10 Å². The zero-order valence-corrected chi connectivity index (χ0v) is 11.8. The number of halogens is 2. The topological polar surface area (TPSA) is 47.1 Å². The van der Waals surface area contributed by atoms with Crippen LogP contribution < -0.4 is 5.73 Å². The second-order valence-electron chi connectivity index (χ2n) is 4.73. The van der Waals surface area contributed by atoms with Crippen molar-refractivity contribution in [2.24, 2.45) is 18.7 Å². The maximum absolute atomic E-state index is 6.09. The van der Waals surface area contributed by atoms with Crippen molar-refractivity contribution in [1.82, 2.24) is 14.7 Å². The van der Waals surface area contributed by atoms with Crippen molar-refractivity contribution in [2.75, 3.05) is 13.1 Å². The highest BCUT2D eigenvalue weighted by atomic mass is 35.5. The number of likely N-dealkylation sites (tertiary alicyclic amines) is 1. The number of aryl methyl sites for hydroxylation is 1. The average Bonchev–Trinajstić information content (AvgIpc) is 2.55. The fourth-order valence-corrected chi connectivity index (χ4v) is 2.45. The van der Waals surface area contributed by atoms with Gasteiger partial charge in [0.15, 0.2) is 0 Å². The Bertz CT molecular complexity index is 347. The third-order valence-electron chi connectivity index (χ3n) is 3.44. The molecule has 0 spiro atoms. The Balaban J connectivity index is 0.00000144. The summed E-state index contributed by atoms with van der Waals surface area (Å²) in [5, 5.41) is 4.90. The molecule has 0 bridgehead atoms. The summed E-state index contributed by atoms with van der Waals surface area (Å²) in [6.45, 7) is 5.17. The lowest BCUT2D eigenvalue weighted by atomic mass is 9.95. The van der Waals surface area contributed by atoms with Gasteiger partial charge in [-0.25, -0.2) is 0 Å². The lowest BCUT2D eigenvalue weighted by Gasteiger charge is -2.35. The fourth-order valence-electron chi connectivity index (χ4n) is 2.22. The molecule has 2 heterocycles. The van der Waals surface area contributed by atoms with Gasteiger partial charge in [-0.15, -0.1) is 12.4 Å². The molecule has 1 aliphatic rings. The molecule has 2 rings (SSSR count). The minimum atomic E-state index is 0. The molecule has 4 nitrogen and oxygen atoms in total. The van der Waals surface area contributed by atoms with Gasteiger partial charge >= 0.3 is 0 Å². The van der Waals surface area contributed by atoms with Gasteiger partial charge in [0.1, 0.15) is 0 Å². The van der Waals surface area contributed by atoms with Crippen LogP contribution in [0.25, 0.3) is 0 Å². The van der Waals surface area contributed by atoms with Crippen LogP contribution in [0.4, 0.5) is 0 Å². The van der Waals surface area contributed by atoms with Crippen molar-refractivity contribution >= 4 is 24.0 Å². The molecule has 2 N–H and O–H groups in total. The molecule has 98 valence electrons. The average molecular weight is 279 g/mol. The minimum absolute atomic E-state index is 0. The van der Waals surface area contributed by atoms with Crippen molar-refractivity contribution in [1.29, 1.82) is 0 Å². The SMILES string of the molecule is CC1CN(Cc2c(Cl)cnn2C)CCC1N.Cl. The van der Waals surface area contributed by atoms with Crippen molar-refractivity contribution in [3.05, 3.63) is 16.9 Å². The standard InChI is InChI=1S/C11H19ClN4.ClH/c1-8-6-16(4-3-10(8)13)7-11-9(12)5-14-15(11)2;/h5,8,10H,3-4,6-7,13H2,1-2H3;1H. The molecule has 1 aromatic heterocycles. The first-order valence-corrected chi connectivity index (χ1v) is 6.10. The summed E-state index contributed by atoms with van der Waals surface area (Å²) in [5.74, 6) is 0.556. The summed E-state index contributed by atoms with van der Waals surface area (Å²) >= 11 is 6.09. The second-order valence-corrected chi connectivity index (χ2v) is 5.13. The quantitative estimate of drug-likeness (QED) is 0.895. The van der Waals surface area contributed by atoms with Crippen LogP contribution in [0.15, 0.2) is 6.20 Å². The van der Waals surface area contributed by atoms with E-state index in [-0.39, 0.29) is 12.4 Å². The minimum Gasteiger partial charge on any atom is -0.327 e. The summed E-state index contributed by atoms with van der Waals surface area (Å²) < 4.78 is 1.85. The third-order valence-corrected chi connectivity index (χ3v) is 3.76. The Morgan fingerprint density at radius 3 is 2.82 bits per heavy atom. The smallest absolute Gasteiger partial charge is 0.0831 e. The van der Waals surface area contributed by atoms with E-state index in [0.717, 1.165) is 36.8 Å². The predicted molar refractivity (Wildman–Crippen MR) is 72.5 cm³/mol. The lowest BCUT2D eigenvalue weighted by molar-refractivity contribution is 0.154. The van der Waals surface area contributed by atoms with E-state index in [1.807, 2.05) is 11.7 Å². The normalized spacial score (nSPS) is 25.6. The molecular weight excluding hydrogens is 259 g/mol. The molecule has 0 aliphatic carbocycles. The molecule has 1 aromatic rings. The van der Waals surface area contributed by atoms with Crippen LogP contribution in [0.3, 0.4) is 0 Å². The highest BCUT2D eigenvalue weighted by Gasteiger charge is 2.24. The van der Waals surface area contributed by atoms with Gasteiger partial charge in [-0.1, -0.05) is 18.5 Å². The first-order chi connectivity index (χ1) is 7.58. The van der Waals surface area contributed by atoms with Gasteiger partial charge in [0.2, 0.25) is 0 Å². The first kappa shape index (κ1) is 14.8. The van der Waals surface area contributed by atoms with Crippen LogP contribution in [0.5, 0.6) is 0 Å². The zero-order valence-electron chi connectivity index (χ0n) is 10.3. The molecule has 6 heteroatoms. The molecule has 17 heavy (non-hydrogen) atoms. The van der Waals surface area contributed by atoms with Gasteiger partial charge in [-0.05, 0) is 12.3 Å². The molecule has 1 saturated heterocycles. The molecular formula is C11H20Cl2N4. The predicted octanol–water partition coefficient (Wildman–Crippen LogP) is 1.66. The number of hydrogen-bond donors (Lipinski definition) is 1. The summed E-state index contributed by atoms with van der Waals surface area (Å²) in [6, 6.07) is 0.346. The number of nitrogens with zero attached hydrogens (tertiary/aromatic N) is 3. The molecule has 0 radical (unpaired) electrons. The maximum atomic E-state index is 6.09. The second kappa shape index (κ2) is 6.05. The van der Waals surface area contributed by atoms with Crippen LogP contribution in [-0.2, 0) is 13.6 Å². The van der Waals surface area contributed by atoms with Gasteiger partial charge < -0.3 is 5.73 Å². The molecule has 2 unspecified atom stereocenters. The van der Waals surface area contributed by atoms with Gasteiger partial charge in [0.05, 0.1) is 16.9 Å². The Kier molecular flexibility index (Phi) is 5.25. The van der Waals surface area contributed by atoms with Crippen LogP contribution in [-0.4, -0.2) is 33.8 Å². The van der Waals surface area contributed by atoms with E-state index in [9.17, 15) is 0 Å². The molecule has 0 saturated carbocycles. The zero-order chi connectivity index (χ0) is 11.7. The number of piperidine rings is 1. The van der Waals surface area contributed by atoms with Crippen LogP contribution >= 0.6 is 24.0 Å². The first-order valence-electron chi connectivity index (χ1n) is 5.72. The van der Waals surface area contributed by atoms with Gasteiger partial charge in [0, 0.05) is 32.7 Å². The lowest BCUT2D eigenvalue weighted by Crippen LogP contribution is -2.45. The monoisotopic (exact) mass is 278 g/mol. The highest BCUT2D eigenvalue weighted by Crippen LogP contribution is 2.20. The summed E-state index contributed by atoms with van der Waals surface area (Å²) in [6.07, 6.45) is 2.77. The van der Waals surface area contributed by atoms with E-state index in [4.69, 9.17) is 17.3 Å². The molecule has 0 aromatic carbocycles. The van der Waals surface area contributed by atoms with E-state index < -0.39 is 0 Å².